The van der Waals surface area contributed by atoms with E-state index in [1.165, 1.54) is 0 Å². The van der Waals surface area contributed by atoms with Crippen LogP contribution in [0.1, 0.15) is 31.8 Å². The summed E-state index contributed by atoms with van der Waals surface area (Å²) >= 11 is 0. The molecule has 1 heterocycles. The number of hydrogen-bond donors (Lipinski definition) is 0. The zero-order valence-corrected chi connectivity index (χ0v) is 18.2. The molecule has 4 aromatic rings. The number of Topliss-reactive ketones (excluding diaryl/α,β-unsaturated/α-hetero) is 1. The number of methoxy groups -OCH3 is 1. The fraction of sp³-hybridized carbons (Fsp3) is 0.148. The van der Waals surface area contributed by atoms with E-state index in [9.17, 15) is 9.59 Å². The summed E-state index contributed by atoms with van der Waals surface area (Å²) in [6.07, 6.45) is 0. The zero-order valence-electron chi connectivity index (χ0n) is 18.2. The summed E-state index contributed by atoms with van der Waals surface area (Å²) in [7, 11) is 1.61. The van der Waals surface area contributed by atoms with Crippen molar-refractivity contribution in [2.75, 3.05) is 13.7 Å². The van der Waals surface area contributed by atoms with E-state index >= 15 is 0 Å². The van der Waals surface area contributed by atoms with Gasteiger partial charge < -0.3 is 9.47 Å². The van der Waals surface area contributed by atoms with E-state index in [4.69, 9.17) is 14.5 Å². The number of ketones is 1. The van der Waals surface area contributed by atoms with Crippen molar-refractivity contribution in [3.63, 3.8) is 0 Å². The van der Waals surface area contributed by atoms with E-state index in [0.29, 0.717) is 27.7 Å². The van der Waals surface area contributed by atoms with Crippen molar-refractivity contribution < 1.29 is 19.1 Å². The summed E-state index contributed by atoms with van der Waals surface area (Å²) in [6, 6.07) is 22.2. The molecule has 0 bridgehead atoms. The SMILES string of the molecule is COc1ccc(-c2cc(C(=O)OCC(=O)c3cc(C)ccc3C)c3ccccc3n2)cc1. The molecule has 0 aliphatic carbocycles. The number of pyridine rings is 1. The van der Waals surface area contributed by atoms with Gasteiger partial charge in [0.25, 0.3) is 0 Å². The third-order valence-corrected chi connectivity index (χ3v) is 5.35. The van der Waals surface area contributed by atoms with Crippen molar-refractivity contribution >= 4 is 22.7 Å². The van der Waals surface area contributed by atoms with E-state index in [2.05, 4.69) is 0 Å². The number of rotatable bonds is 6. The molecule has 5 heteroatoms. The second-order valence-corrected chi connectivity index (χ2v) is 7.62. The molecule has 0 amide bonds. The van der Waals surface area contributed by atoms with Crippen LogP contribution in [0.4, 0.5) is 0 Å². The van der Waals surface area contributed by atoms with E-state index in [1.807, 2.05) is 80.6 Å². The zero-order chi connectivity index (χ0) is 22.7. The van der Waals surface area contributed by atoms with Crippen LogP contribution in [0.3, 0.4) is 0 Å². The molecular formula is C27H23NO4. The number of fused-ring (bicyclic) bond motifs is 1. The summed E-state index contributed by atoms with van der Waals surface area (Å²) in [5.74, 6) is -0.0514. The van der Waals surface area contributed by atoms with Crippen LogP contribution in [-0.4, -0.2) is 30.5 Å². The quantitative estimate of drug-likeness (QED) is 0.299. The number of carbonyl (C=O) groups excluding carboxylic acids is 2. The lowest BCUT2D eigenvalue weighted by Crippen LogP contribution is -2.16. The van der Waals surface area contributed by atoms with Crippen LogP contribution in [0, 0.1) is 13.8 Å². The summed E-state index contributed by atoms with van der Waals surface area (Å²) < 4.78 is 10.7. The lowest BCUT2D eigenvalue weighted by Gasteiger charge is -2.11. The number of aromatic nitrogens is 1. The van der Waals surface area contributed by atoms with Crippen LogP contribution in [0.2, 0.25) is 0 Å². The van der Waals surface area contributed by atoms with Gasteiger partial charge in [0, 0.05) is 16.5 Å². The van der Waals surface area contributed by atoms with Crippen LogP contribution in [-0.2, 0) is 4.74 Å². The molecule has 0 aliphatic heterocycles. The first-order chi connectivity index (χ1) is 15.5. The summed E-state index contributed by atoms with van der Waals surface area (Å²) in [6.45, 7) is 3.47. The molecule has 0 saturated heterocycles. The van der Waals surface area contributed by atoms with Crippen molar-refractivity contribution in [2.45, 2.75) is 13.8 Å². The molecule has 4 rings (SSSR count). The Morgan fingerprint density at radius 2 is 1.62 bits per heavy atom. The minimum Gasteiger partial charge on any atom is -0.497 e. The second kappa shape index (κ2) is 9.02. The predicted octanol–water partition coefficient (Wildman–Crippen LogP) is 5.57. The summed E-state index contributed by atoms with van der Waals surface area (Å²) in [4.78, 5) is 30.4. The number of ether oxygens (including phenoxy) is 2. The molecule has 0 fully saturated rings. The third kappa shape index (κ3) is 4.37. The largest absolute Gasteiger partial charge is 0.497 e. The van der Waals surface area contributed by atoms with Crippen molar-refractivity contribution in [1.82, 2.24) is 4.98 Å². The van der Waals surface area contributed by atoms with Crippen LogP contribution in [0.15, 0.2) is 72.8 Å². The van der Waals surface area contributed by atoms with Gasteiger partial charge in [0.15, 0.2) is 6.61 Å². The standard InChI is InChI=1S/C27H23NO4/c1-17-8-9-18(2)22(14-17)26(29)16-32-27(30)23-15-25(19-10-12-20(31-3)13-11-19)28-24-7-5-4-6-21(23)24/h4-15H,16H2,1-3H3. The van der Waals surface area contributed by atoms with E-state index in [-0.39, 0.29) is 12.4 Å². The van der Waals surface area contributed by atoms with E-state index in [1.54, 1.807) is 13.2 Å². The second-order valence-electron chi connectivity index (χ2n) is 7.62. The Bertz CT molecular complexity index is 1310. The Hall–Kier alpha value is -3.99. The van der Waals surface area contributed by atoms with Gasteiger partial charge in [-0.25, -0.2) is 9.78 Å². The summed E-state index contributed by atoms with van der Waals surface area (Å²) in [5.41, 5.74) is 4.93. The first-order valence-electron chi connectivity index (χ1n) is 10.3. The molecule has 0 N–H and O–H groups in total. The maximum Gasteiger partial charge on any atom is 0.339 e. The maximum absolute atomic E-state index is 13.0. The van der Waals surface area contributed by atoms with Crippen LogP contribution in [0.5, 0.6) is 5.75 Å². The number of para-hydroxylation sites is 1. The molecule has 3 aromatic carbocycles. The highest BCUT2D eigenvalue weighted by Gasteiger charge is 2.18. The van der Waals surface area contributed by atoms with Crippen molar-refractivity contribution in [3.8, 4) is 17.0 Å². The van der Waals surface area contributed by atoms with E-state index < -0.39 is 5.97 Å². The topological polar surface area (TPSA) is 65.5 Å². The first-order valence-corrected chi connectivity index (χ1v) is 10.3. The number of hydrogen-bond acceptors (Lipinski definition) is 5. The number of benzene rings is 3. The van der Waals surface area contributed by atoms with Crippen LogP contribution >= 0.6 is 0 Å². The Balaban J connectivity index is 1.64. The van der Waals surface area contributed by atoms with Crippen LogP contribution in [0.25, 0.3) is 22.2 Å². The van der Waals surface area contributed by atoms with Gasteiger partial charge in [0.05, 0.1) is 23.9 Å². The smallest absolute Gasteiger partial charge is 0.339 e. The number of esters is 1. The average molecular weight is 425 g/mol. The fourth-order valence-corrected chi connectivity index (χ4v) is 3.58. The highest BCUT2D eigenvalue weighted by atomic mass is 16.5. The molecule has 0 unspecified atom stereocenters. The first kappa shape index (κ1) is 21.2. The average Bonchev–Trinajstić information content (AvgIpc) is 2.83. The maximum atomic E-state index is 13.0. The van der Waals surface area contributed by atoms with Crippen molar-refractivity contribution in [3.05, 3.63) is 95.1 Å². The van der Waals surface area contributed by atoms with Crippen LogP contribution < -0.4 is 4.74 Å². The number of nitrogens with zero attached hydrogens (tertiary/aromatic N) is 1. The van der Waals surface area contributed by atoms with Gasteiger partial charge in [-0.3, -0.25) is 4.79 Å². The Kier molecular flexibility index (Phi) is 5.99. The minimum absolute atomic E-state index is 0.228. The Labute approximate surface area is 186 Å². The molecular weight excluding hydrogens is 402 g/mol. The highest BCUT2D eigenvalue weighted by molar-refractivity contribution is 6.06. The lowest BCUT2D eigenvalue weighted by atomic mass is 10.0. The monoisotopic (exact) mass is 425 g/mol. The van der Waals surface area contributed by atoms with Gasteiger partial charge in [-0.2, -0.15) is 0 Å². The van der Waals surface area contributed by atoms with Gasteiger partial charge in [0.1, 0.15) is 5.75 Å². The molecule has 0 saturated carbocycles. The Morgan fingerprint density at radius 3 is 2.38 bits per heavy atom. The molecule has 0 aliphatic rings. The number of aryl methyl sites for hydroxylation is 2. The lowest BCUT2D eigenvalue weighted by molar-refractivity contribution is 0.0476. The van der Waals surface area contributed by atoms with Crippen molar-refractivity contribution in [2.24, 2.45) is 0 Å². The fourth-order valence-electron chi connectivity index (χ4n) is 3.58. The molecule has 1 aromatic heterocycles. The molecule has 0 atom stereocenters. The molecule has 5 nitrogen and oxygen atoms in total. The minimum atomic E-state index is -0.558. The normalized spacial score (nSPS) is 10.7. The molecule has 0 radical (unpaired) electrons. The van der Waals surface area contributed by atoms with E-state index in [0.717, 1.165) is 22.4 Å². The molecule has 0 spiro atoms. The van der Waals surface area contributed by atoms with Gasteiger partial charge in [-0.15, -0.1) is 0 Å². The van der Waals surface area contributed by atoms with Crippen molar-refractivity contribution in [1.29, 1.82) is 0 Å². The third-order valence-electron chi connectivity index (χ3n) is 5.35. The van der Waals surface area contributed by atoms with Gasteiger partial charge in [-0.1, -0.05) is 35.9 Å². The van der Waals surface area contributed by atoms with Gasteiger partial charge in [0.2, 0.25) is 5.78 Å². The van der Waals surface area contributed by atoms with Gasteiger partial charge >= 0.3 is 5.97 Å². The van der Waals surface area contributed by atoms with Gasteiger partial charge in [-0.05, 0) is 61.9 Å². The number of carbonyl (C=O) groups is 2. The summed E-state index contributed by atoms with van der Waals surface area (Å²) in [5, 5.41) is 0.675. The molecule has 32 heavy (non-hydrogen) atoms. The predicted molar refractivity (Wildman–Crippen MR) is 124 cm³/mol. The molecule has 160 valence electrons. The highest BCUT2D eigenvalue weighted by Crippen LogP contribution is 2.27. The Morgan fingerprint density at radius 1 is 0.875 bits per heavy atom.